The molecule has 0 saturated carbocycles. The van der Waals surface area contributed by atoms with E-state index in [2.05, 4.69) is 0 Å². The molecule has 0 heterocycles. The van der Waals surface area contributed by atoms with E-state index in [1.165, 1.54) is 11.6 Å². The Morgan fingerprint density at radius 3 is 1.75 bits per heavy atom. The van der Waals surface area contributed by atoms with Gasteiger partial charge in [0.15, 0.2) is 0 Å². The lowest BCUT2D eigenvalue weighted by molar-refractivity contribution is 0.479. The van der Waals surface area contributed by atoms with Crippen LogP contribution < -0.4 is 4.74 Å². The highest BCUT2D eigenvalue weighted by molar-refractivity contribution is 5.35. The minimum Gasteiger partial charge on any atom is -0.457 e. The van der Waals surface area contributed by atoms with Gasteiger partial charge in [0, 0.05) is 0 Å². The van der Waals surface area contributed by atoms with E-state index in [9.17, 15) is 4.39 Å². The highest BCUT2D eigenvalue weighted by Gasteiger charge is 2.01. The lowest BCUT2D eigenvalue weighted by atomic mass is 10.2. The first-order valence-electron chi connectivity index (χ1n) is 7.16. The van der Waals surface area contributed by atoms with Gasteiger partial charge in [0.25, 0.3) is 0 Å². The molecule has 0 atom stereocenters. The van der Waals surface area contributed by atoms with Gasteiger partial charge in [-0.25, -0.2) is 4.39 Å². The van der Waals surface area contributed by atoms with Crippen LogP contribution in [0.25, 0.3) is 0 Å². The topological polar surface area (TPSA) is 9.23 Å². The van der Waals surface area contributed by atoms with Crippen LogP contribution in [-0.4, -0.2) is 0 Å². The largest absolute Gasteiger partial charge is 0.457 e. The number of halogens is 1. The van der Waals surface area contributed by atoms with Crippen molar-refractivity contribution in [2.75, 3.05) is 0 Å². The highest BCUT2D eigenvalue weighted by atomic mass is 19.1. The number of rotatable bonds is 2. The summed E-state index contributed by atoms with van der Waals surface area (Å²) in [7, 11) is 0. The van der Waals surface area contributed by atoms with Gasteiger partial charge < -0.3 is 4.74 Å². The van der Waals surface area contributed by atoms with Crippen molar-refractivity contribution in [2.45, 2.75) is 41.5 Å². The van der Waals surface area contributed by atoms with Crippen molar-refractivity contribution in [1.82, 2.24) is 0 Å². The summed E-state index contributed by atoms with van der Waals surface area (Å²) in [5.41, 5.74) is 1.77. The number of ether oxygens (including phenoxy) is 1. The molecule has 2 heteroatoms. The van der Waals surface area contributed by atoms with E-state index in [1.54, 1.807) is 19.1 Å². The van der Waals surface area contributed by atoms with E-state index >= 15 is 0 Å². The molecular formula is C18H25FO. The third-order valence-corrected chi connectivity index (χ3v) is 2.39. The zero-order valence-electron chi connectivity index (χ0n) is 13.3. The molecule has 0 fully saturated rings. The summed E-state index contributed by atoms with van der Waals surface area (Å²) < 4.78 is 18.6. The van der Waals surface area contributed by atoms with Crippen LogP contribution in [0.2, 0.25) is 0 Å². The summed E-state index contributed by atoms with van der Waals surface area (Å²) >= 11 is 0. The molecule has 0 bridgehead atoms. The van der Waals surface area contributed by atoms with Crippen LogP contribution in [0.4, 0.5) is 4.39 Å². The molecular weight excluding hydrogens is 251 g/mol. The monoisotopic (exact) mass is 276 g/mol. The Morgan fingerprint density at radius 2 is 1.25 bits per heavy atom. The Balaban J connectivity index is 0.000000829. The van der Waals surface area contributed by atoms with Crippen LogP contribution in [0.3, 0.4) is 0 Å². The third-order valence-electron chi connectivity index (χ3n) is 2.39. The molecule has 0 aliphatic heterocycles. The second kappa shape index (κ2) is 10.0. The zero-order chi connectivity index (χ0) is 15.5. The summed E-state index contributed by atoms with van der Waals surface area (Å²) in [6.07, 6.45) is 0. The van der Waals surface area contributed by atoms with Crippen molar-refractivity contribution < 1.29 is 9.13 Å². The predicted molar refractivity (Wildman–Crippen MR) is 85.1 cm³/mol. The molecule has 0 aliphatic rings. The van der Waals surface area contributed by atoms with Gasteiger partial charge in [-0.1, -0.05) is 45.4 Å². The van der Waals surface area contributed by atoms with Gasteiger partial charge in [-0.15, -0.1) is 0 Å². The Labute approximate surface area is 122 Å². The van der Waals surface area contributed by atoms with E-state index in [4.69, 9.17) is 4.74 Å². The number of aryl methyl sites for hydroxylation is 2. The van der Waals surface area contributed by atoms with Gasteiger partial charge in [-0.3, -0.25) is 0 Å². The predicted octanol–water partition coefficient (Wildman–Crippen LogP) is 6.29. The summed E-state index contributed by atoms with van der Waals surface area (Å²) in [6, 6.07) is 12.5. The van der Waals surface area contributed by atoms with Crippen LogP contribution >= 0.6 is 0 Å². The fourth-order valence-corrected chi connectivity index (χ4v) is 1.42. The maximum Gasteiger partial charge on any atom is 0.127 e. The lowest BCUT2D eigenvalue weighted by Gasteiger charge is -2.06. The van der Waals surface area contributed by atoms with Crippen molar-refractivity contribution in [1.29, 1.82) is 0 Å². The minimum absolute atomic E-state index is 0.212. The number of hydrogen-bond donors (Lipinski definition) is 0. The zero-order valence-corrected chi connectivity index (χ0v) is 13.3. The fourth-order valence-electron chi connectivity index (χ4n) is 1.42. The fraction of sp³-hybridized carbons (Fsp3) is 0.333. The number of benzene rings is 2. The summed E-state index contributed by atoms with van der Waals surface area (Å²) in [5, 5.41) is 0. The maximum absolute atomic E-state index is 13.0. The molecule has 0 unspecified atom stereocenters. The average Bonchev–Trinajstić information content (AvgIpc) is 2.50. The second-order valence-corrected chi connectivity index (χ2v) is 3.83. The SMILES string of the molecule is CC.CC.Cc1ccc(Oc2ccc(F)c(C)c2)cc1. The smallest absolute Gasteiger partial charge is 0.127 e. The van der Waals surface area contributed by atoms with Gasteiger partial charge in [-0.2, -0.15) is 0 Å². The Hall–Kier alpha value is -1.83. The summed E-state index contributed by atoms with van der Waals surface area (Å²) in [6.45, 7) is 11.7. The van der Waals surface area contributed by atoms with E-state index in [0.717, 1.165) is 5.75 Å². The van der Waals surface area contributed by atoms with Gasteiger partial charge in [0.05, 0.1) is 0 Å². The van der Waals surface area contributed by atoms with E-state index in [1.807, 2.05) is 58.9 Å². The molecule has 2 aromatic rings. The molecule has 20 heavy (non-hydrogen) atoms. The quantitative estimate of drug-likeness (QED) is 0.626. The molecule has 0 aromatic heterocycles. The van der Waals surface area contributed by atoms with Crippen molar-refractivity contribution in [2.24, 2.45) is 0 Å². The third kappa shape index (κ3) is 5.87. The van der Waals surface area contributed by atoms with Gasteiger partial charge in [0.1, 0.15) is 17.3 Å². The Bertz CT molecular complexity index is 489. The van der Waals surface area contributed by atoms with Crippen molar-refractivity contribution in [3.63, 3.8) is 0 Å². The second-order valence-electron chi connectivity index (χ2n) is 3.83. The Kier molecular flexibility index (Phi) is 9.10. The molecule has 1 nitrogen and oxygen atoms in total. The minimum atomic E-state index is -0.212. The van der Waals surface area contributed by atoms with Crippen LogP contribution in [0.1, 0.15) is 38.8 Å². The average molecular weight is 276 g/mol. The molecule has 2 rings (SSSR count). The van der Waals surface area contributed by atoms with Gasteiger partial charge in [-0.05, 0) is 49.7 Å². The first-order valence-corrected chi connectivity index (χ1v) is 7.16. The van der Waals surface area contributed by atoms with Crippen LogP contribution in [0.15, 0.2) is 42.5 Å². The molecule has 0 N–H and O–H groups in total. The van der Waals surface area contributed by atoms with Gasteiger partial charge >= 0.3 is 0 Å². The van der Waals surface area contributed by atoms with Gasteiger partial charge in [0.2, 0.25) is 0 Å². The van der Waals surface area contributed by atoms with Crippen molar-refractivity contribution >= 4 is 0 Å². The van der Waals surface area contributed by atoms with E-state index < -0.39 is 0 Å². The van der Waals surface area contributed by atoms with Crippen molar-refractivity contribution in [3.05, 3.63) is 59.4 Å². The molecule has 0 amide bonds. The highest BCUT2D eigenvalue weighted by Crippen LogP contribution is 2.23. The summed E-state index contributed by atoms with van der Waals surface area (Å²) in [5.74, 6) is 1.20. The molecule has 2 aromatic carbocycles. The molecule has 110 valence electrons. The molecule has 0 aliphatic carbocycles. The maximum atomic E-state index is 13.0. The lowest BCUT2D eigenvalue weighted by Crippen LogP contribution is -1.87. The normalized spacial score (nSPS) is 8.75. The van der Waals surface area contributed by atoms with Crippen LogP contribution in [0, 0.1) is 19.7 Å². The first-order chi connectivity index (χ1) is 9.65. The van der Waals surface area contributed by atoms with E-state index in [0.29, 0.717) is 11.3 Å². The standard InChI is InChI=1S/C14H13FO.2C2H6/c1-10-3-5-12(6-4-10)16-13-7-8-14(15)11(2)9-13;2*1-2/h3-9H,1-2H3;2*1-2H3. The first kappa shape index (κ1) is 18.2. The summed E-state index contributed by atoms with van der Waals surface area (Å²) in [4.78, 5) is 0. The van der Waals surface area contributed by atoms with Crippen LogP contribution in [0.5, 0.6) is 11.5 Å². The molecule has 0 saturated heterocycles. The number of hydrogen-bond acceptors (Lipinski definition) is 1. The molecule has 0 spiro atoms. The molecule has 0 radical (unpaired) electrons. The van der Waals surface area contributed by atoms with Crippen molar-refractivity contribution in [3.8, 4) is 11.5 Å². The van der Waals surface area contributed by atoms with E-state index in [-0.39, 0.29) is 5.82 Å². The Morgan fingerprint density at radius 1 is 0.750 bits per heavy atom. The van der Waals surface area contributed by atoms with Crippen LogP contribution in [-0.2, 0) is 0 Å².